The van der Waals surface area contributed by atoms with Crippen LogP contribution in [-0.4, -0.2) is 25.7 Å². The van der Waals surface area contributed by atoms with Gasteiger partial charge in [0.1, 0.15) is 25.3 Å². The van der Waals surface area contributed by atoms with E-state index in [1.807, 2.05) is 0 Å². The first-order valence-corrected chi connectivity index (χ1v) is 9.76. The third kappa shape index (κ3) is 4.73. The van der Waals surface area contributed by atoms with Gasteiger partial charge in [0.2, 0.25) is 0 Å². The van der Waals surface area contributed by atoms with Gasteiger partial charge in [-0.1, -0.05) is 37.7 Å². The number of hydrogen-bond donors (Lipinski definition) is 1. The minimum Gasteiger partial charge on any atom is -0.497 e. The molecule has 0 amide bonds. The maximum Gasteiger partial charge on any atom is 0.129 e. The Hall–Kier alpha value is -0.953. The van der Waals surface area contributed by atoms with Crippen molar-refractivity contribution in [2.24, 2.45) is 0 Å². The normalized spacial score (nSPS) is 14.3. The Morgan fingerprint density at radius 3 is 2.22 bits per heavy atom. The van der Waals surface area contributed by atoms with Gasteiger partial charge in [0.25, 0.3) is 0 Å². The molecule has 0 unspecified atom stereocenters. The lowest BCUT2D eigenvalue weighted by Crippen LogP contribution is -2.18. The van der Waals surface area contributed by atoms with Gasteiger partial charge >= 0.3 is 0 Å². The maximum atomic E-state index is 10.1. The van der Waals surface area contributed by atoms with E-state index in [0.29, 0.717) is 0 Å². The molecular formula is C14H19ClO2Si. The molecule has 98 valence electrons. The topological polar surface area (TPSA) is 29.5 Å². The largest absolute Gasteiger partial charge is 0.497 e. The summed E-state index contributed by atoms with van der Waals surface area (Å²) in [6, 6.07) is 7.20. The summed E-state index contributed by atoms with van der Waals surface area (Å²) in [5, 5.41) is 9.51. The molecule has 0 aliphatic rings. The molecule has 1 aromatic rings. The number of hydrogen-bond acceptors (Lipinski definition) is 2. The fourth-order valence-corrected chi connectivity index (χ4v) is 2.21. The lowest BCUT2D eigenvalue weighted by atomic mass is 10.1. The molecule has 2 atom stereocenters. The van der Waals surface area contributed by atoms with E-state index in [9.17, 15) is 5.11 Å². The summed E-state index contributed by atoms with van der Waals surface area (Å²) in [7, 11) is 0.148. The second-order valence-electron chi connectivity index (χ2n) is 5.14. The molecule has 0 aromatic heterocycles. The van der Waals surface area contributed by atoms with Crippen LogP contribution in [0, 0.1) is 11.5 Å². The van der Waals surface area contributed by atoms with Crippen molar-refractivity contribution in [1.82, 2.24) is 0 Å². The van der Waals surface area contributed by atoms with Crippen LogP contribution in [0.4, 0.5) is 0 Å². The summed E-state index contributed by atoms with van der Waals surface area (Å²) in [4.78, 5) is 0. The van der Waals surface area contributed by atoms with Gasteiger partial charge in [-0.05, 0) is 17.7 Å². The van der Waals surface area contributed by atoms with Crippen LogP contribution in [0.25, 0.3) is 0 Å². The number of aliphatic hydroxyl groups is 1. The molecule has 2 nitrogen and oxygen atoms in total. The molecular weight excluding hydrogens is 264 g/mol. The van der Waals surface area contributed by atoms with Crippen molar-refractivity contribution in [2.45, 2.75) is 31.1 Å². The number of alkyl halides is 1. The number of halogens is 1. The van der Waals surface area contributed by atoms with E-state index in [2.05, 4.69) is 31.1 Å². The molecule has 18 heavy (non-hydrogen) atoms. The summed E-state index contributed by atoms with van der Waals surface area (Å²) >= 11 is 6.11. The van der Waals surface area contributed by atoms with Gasteiger partial charge in [0, 0.05) is 0 Å². The molecule has 0 spiro atoms. The van der Waals surface area contributed by atoms with Crippen LogP contribution in [0.15, 0.2) is 24.3 Å². The van der Waals surface area contributed by atoms with E-state index in [0.717, 1.165) is 11.3 Å². The van der Waals surface area contributed by atoms with E-state index < -0.39 is 19.6 Å². The van der Waals surface area contributed by atoms with Crippen molar-refractivity contribution in [3.8, 4) is 17.2 Å². The van der Waals surface area contributed by atoms with E-state index in [1.165, 1.54) is 0 Å². The molecule has 1 aromatic carbocycles. The zero-order valence-electron chi connectivity index (χ0n) is 11.2. The minimum atomic E-state index is -1.46. The lowest BCUT2D eigenvalue weighted by molar-refractivity contribution is 0.187. The number of benzene rings is 1. The van der Waals surface area contributed by atoms with E-state index in [1.54, 1.807) is 31.4 Å². The first-order chi connectivity index (χ1) is 8.33. The highest BCUT2D eigenvalue weighted by Crippen LogP contribution is 2.23. The molecule has 0 heterocycles. The van der Waals surface area contributed by atoms with Crippen LogP contribution in [-0.2, 0) is 0 Å². The average Bonchev–Trinajstić information content (AvgIpc) is 2.34. The highest BCUT2D eigenvalue weighted by Gasteiger charge is 2.17. The molecule has 0 aliphatic heterocycles. The summed E-state index contributed by atoms with van der Waals surface area (Å²) in [5.41, 5.74) is 3.92. The number of rotatable bonds is 3. The first-order valence-electron chi connectivity index (χ1n) is 5.82. The van der Waals surface area contributed by atoms with Crippen LogP contribution in [0.3, 0.4) is 0 Å². The Bertz CT molecular complexity index is 440. The maximum absolute atomic E-state index is 10.1. The molecule has 0 saturated carbocycles. The van der Waals surface area contributed by atoms with Crippen LogP contribution in [0.1, 0.15) is 11.7 Å². The highest BCUT2D eigenvalue weighted by atomic mass is 35.5. The fourth-order valence-electron chi connectivity index (χ4n) is 1.33. The van der Waals surface area contributed by atoms with Crippen LogP contribution >= 0.6 is 11.6 Å². The second kappa shape index (κ2) is 6.28. The van der Waals surface area contributed by atoms with Gasteiger partial charge in [0.05, 0.1) is 7.11 Å². The highest BCUT2D eigenvalue weighted by molar-refractivity contribution is 6.83. The third-order valence-electron chi connectivity index (χ3n) is 2.32. The summed E-state index contributed by atoms with van der Waals surface area (Å²) in [5.74, 6) is 3.70. The minimum absolute atomic E-state index is 0.579. The lowest BCUT2D eigenvalue weighted by Gasteiger charge is -2.14. The summed E-state index contributed by atoms with van der Waals surface area (Å²) < 4.78 is 5.06. The third-order valence-corrected chi connectivity index (χ3v) is 3.56. The monoisotopic (exact) mass is 282 g/mol. The Kier molecular flexibility index (Phi) is 5.27. The van der Waals surface area contributed by atoms with Crippen LogP contribution in [0.5, 0.6) is 5.75 Å². The molecule has 0 saturated heterocycles. The van der Waals surface area contributed by atoms with Crippen molar-refractivity contribution in [2.75, 3.05) is 7.11 Å². The zero-order chi connectivity index (χ0) is 13.8. The van der Waals surface area contributed by atoms with E-state index >= 15 is 0 Å². The summed E-state index contributed by atoms with van der Waals surface area (Å²) in [6.45, 7) is 6.43. The molecule has 0 bridgehead atoms. The SMILES string of the molecule is COc1ccc([C@H](O)[C@H](Cl)C#C[Si](C)(C)C)cc1. The Balaban J connectivity index is 2.78. The quantitative estimate of drug-likeness (QED) is 0.524. The predicted molar refractivity (Wildman–Crippen MR) is 78.7 cm³/mol. The Morgan fingerprint density at radius 1 is 1.22 bits per heavy atom. The van der Waals surface area contributed by atoms with E-state index in [4.69, 9.17) is 16.3 Å². The number of aliphatic hydroxyl groups excluding tert-OH is 1. The average molecular weight is 283 g/mol. The molecule has 4 heteroatoms. The Morgan fingerprint density at radius 2 is 1.78 bits per heavy atom. The van der Waals surface area contributed by atoms with Crippen LogP contribution in [0.2, 0.25) is 19.6 Å². The Labute approximate surface area is 115 Å². The standard InChI is InChI=1S/C14H19ClO2Si/c1-17-12-7-5-11(6-8-12)14(16)13(15)9-10-18(2,3)4/h5-8,13-14,16H,1-4H3/t13-,14+/m1/s1. The van der Waals surface area contributed by atoms with Gasteiger partial charge < -0.3 is 9.84 Å². The number of methoxy groups -OCH3 is 1. The molecule has 0 fully saturated rings. The van der Waals surface area contributed by atoms with Crippen molar-refractivity contribution < 1.29 is 9.84 Å². The second-order valence-corrected chi connectivity index (χ2v) is 10.4. The molecule has 0 radical (unpaired) electrons. The molecule has 1 N–H and O–H groups in total. The van der Waals surface area contributed by atoms with Gasteiger partial charge in [-0.3, -0.25) is 0 Å². The van der Waals surface area contributed by atoms with Gasteiger partial charge in [-0.2, -0.15) is 0 Å². The van der Waals surface area contributed by atoms with Gasteiger partial charge in [-0.15, -0.1) is 17.1 Å². The van der Waals surface area contributed by atoms with Gasteiger partial charge in [0.15, 0.2) is 0 Å². The molecule has 1 rings (SSSR count). The van der Waals surface area contributed by atoms with E-state index in [-0.39, 0.29) is 0 Å². The number of ether oxygens (including phenoxy) is 1. The van der Waals surface area contributed by atoms with Crippen molar-refractivity contribution in [1.29, 1.82) is 0 Å². The van der Waals surface area contributed by atoms with Crippen molar-refractivity contribution >= 4 is 19.7 Å². The van der Waals surface area contributed by atoms with Gasteiger partial charge in [-0.25, -0.2) is 0 Å². The summed E-state index contributed by atoms with van der Waals surface area (Å²) in [6.07, 6.45) is -0.776. The fraction of sp³-hybridized carbons (Fsp3) is 0.429. The zero-order valence-corrected chi connectivity index (χ0v) is 13.0. The van der Waals surface area contributed by atoms with Crippen molar-refractivity contribution in [3.63, 3.8) is 0 Å². The van der Waals surface area contributed by atoms with Crippen LogP contribution < -0.4 is 4.74 Å². The first kappa shape index (κ1) is 15.1. The molecule has 0 aliphatic carbocycles. The smallest absolute Gasteiger partial charge is 0.129 e. The predicted octanol–water partition coefficient (Wildman–Crippen LogP) is 3.22. The van der Waals surface area contributed by atoms with Crippen molar-refractivity contribution in [3.05, 3.63) is 29.8 Å².